The van der Waals surface area contributed by atoms with Gasteiger partial charge in [-0.3, -0.25) is 15.0 Å². The molecule has 3 amide bonds. The number of hydrogen-bond donors (Lipinski definition) is 1. The van der Waals surface area contributed by atoms with Crippen LogP contribution < -0.4 is 10.2 Å². The van der Waals surface area contributed by atoms with E-state index in [-0.39, 0.29) is 22.2 Å². The summed E-state index contributed by atoms with van der Waals surface area (Å²) in [4.78, 5) is 26.9. The van der Waals surface area contributed by atoms with Crippen molar-refractivity contribution in [3.8, 4) is 0 Å². The van der Waals surface area contributed by atoms with Gasteiger partial charge < -0.3 is 0 Å². The van der Waals surface area contributed by atoms with Crippen LogP contribution >= 0.6 is 34.8 Å². The number of imide groups is 1. The van der Waals surface area contributed by atoms with Crippen LogP contribution in [0.25, 0.3) is 0 Å². The van der Waals surface area contributed by atoms with Crippen molar-refractivity contribution in [3.63, 3.8) is 0 Å². The van der Waals surface area contributed by atoms with Crippen LogP contribution in [0.1, 0.15) is 15.9 Å². The van der Waals surface area contributed by atoms with E-state index in [9.17, 15) is 9.59 Å². The van der Waals surface area contributed by atoms with Crippen LogP contribution in [0.5, 0.6) is 0 Å². The van der Waals surface area contributed by atoms with E-state index in [1.165, 1.54) is 17.0 Å². The Bertz CT molecular complexity index is 972. The van der Waals surface area contributed by atoms with E-state index < -0.39 is 11.9 Å². The molecule has 3 rings (SSSR count). The van der Waals surface area contributed by atoms with Crippen LogP contribution in [0.3, 0.4) is 0 Å². The highest BCUT2D eigenvalue weighted by Gasteiger charge is 2.22. The summed E-state index contributed by atoms with van der Waals surface area (Å²) in [5, 5.41) is 3.23. The third-order valence-electron chi connectivity index (χ3n) is 3.98. The summed E-state index contributed by atoms with van der Waals surface area (Å²) < 4.78 is 0. The maximum absolute atomic E-state index is 12.9. The van der Waals surface area contributed by atoms with E-state index in [1.807, 2.05) is 30.3 Å². The number of hydrogen-bond acceptors (Lipinski definition) is 2. The van der Waals surface area contributed by atoms with Crippen LogP contribution in [0, 0.1) is 0 Å². The maximum Gasteiger partial charge on any atom is 0.329 e. The molecule has 0 unspecified atom stereocenters. The van der Waals surface area contributed by atoms with Crippen molar-refractivity contribution in [3.05, 3.63) is 99.0 Å². The van der Waals surface area contributed by atoms with Crippen molar-refractivity contribution in [2.45, 2.75) is 6.54 Å². The first-order valence-electron chi connectivity index (χ1n) is 8.32. The summed E-state index contributed by atoms with van der Waals surface area (Å²) in [7, 11) is 0. The second-order valence-corrected chi connectivity index (χ2v) is 7.15. The van der Waals surface area contributed by atoms with Gasteiger partial charge in [-0.1, -0.05) is 71.2 Å². The van der Waals surface area contributed by atoms with Crippen LogP contribution in [-0.2, 0) is 6.54 Å². The van der Waals surface area contributed by atoms with Crippen molar-refractivity contribution < 1.29 is 9.59 Å². The van der Waals surface area contributed by atoms with E-state index in [0.29, 0.717) is 10.7 Å². The topological polar surface area (TPSA) is 49.4 Å². The number of urea groups is 1. The quantitative estimate of drug-likeness (QED) is 0.532. The Hall–Kier alpha value is -2.53. The number of anilines is 1. The predicted molar refractivity (Wildman–Crippen MR) is 113 cm³/mol. The Balaban J connectivity index is 1.87. The lowest BCUT2D eigenvalue weighted by Crippen LogP contribution is -2.42. The van der Waals surface area contributed by atoms with Crippen molar-refractivity contribution in [1.29, 1.82) is 0 Å². The van der Waals surface area contributed by atoms with E-state index >= 15 is 0 Å². The molecule has 0 atom stereocenters. The summed E-state index contributed by atoms with van der Waals surface area (Å²) in [6.45, 7) is 0.262. The molecule has 0 radical (unpaired) electrons. The number of benzene rings is 3. The summed E-state index contributed by atoms with van der Waals surface area (Å²) in [6, 6.07) is 20.3. The molecule has 0 bridgehead atoms. The van der Waals surface area contributed by atoms with E-state index in [1.54, 1.807) is 30.3 Å². The largest absolute Gasteiger partial charge is 0.329 e. The first kappa shape index (κ1) is 20.2. The molecular formula is C21H15Cl3N2O2. The minimum Gasteiger partial charge on any atom is -0.290 e. The molecule has 0 spiro atoms. The fraction of sp³-hybridized carbons (Fsp3) is 0.0476. The second kappa shape index (κ2) is 9.11. The zero-order valence-electron chi connectivity index (χ0n) is 14.5. The van der Waals surface area contributed by atoms with Crippen LogP contribution in [-0.4, -0.2) is 11.9 Å². The fourth-order valence-corrected chi connectivity index (χ4v) is 3.30. The van der Waals surface area contributed by atoms with Crippen LogP contribution in [0.4, 0.5) is 10.5 Å². The minimum absolute atomic E-state index is 0.0509. The molecule has 142 valence electrons. The fourth-order valence-electron chi connectivity index (χ4n) is 2.61. The molecule has 7 heteroatoms. The number of amides is 3. The summed E-state index contributed by atoms with van der Waals surface area (Å²) in [6.07, 6.45) is 0. The number of nitrogens with one attached hydrogen (secondary N) is 1. The summed E-state index contributed by atoms with van der Waals surface area (Å²) in [5.74, 6) is -0.673. The monoisotopic (exact) mass is 432 g/mol. The highest BCUT2D eigenvalue weighted by molar-refractivity contribution is 6.40. The van der Waals surface area contributed by atoms with Gasteiger partial charge >= 0.3 is 6.03 Å². The zero-order valence-corrected chi connectivity index (χ0v) is 16.8. The van der Waals surface area contributed by atoms with Gasteiger partial charge in [0.25, 0.3) is 5.91 Å². The van der Waals surface area contributed by atoms with Crippen molar-refractivity contribution in [2.24, 2.45) is 0 Å². The molecule has 0 aliphatic heterocycles. The second-order valence-electron chi connectivity index (χ2n) is 5.90. The molecule has 0 saturated carbocycles. The van der Waals surface area contributed by atoms with Crippen molar-refractivity contribution in [1.82, 2.24) is 5.32 Å². The van der Waals surface area contributed by atoms with Gasteiger partial charge in [-0.15, -0.1) is 0 Å². The van der Waals surface area contributed by atoms with Gasteiger partial charge in [-0.2, -0.15) is 0 Å². The Kier molecular flexibility index (Phi) is 6.57. The number of nitrogens with zero attached hydrogens (tertiary/aromatic N) is 1. The average molecular weight is 434 g/mol. The van der Waals surface area contributed by atoms with Gasteiger partial charge in [-0.25, -0.2) is 4.79 Å². The first-order valence-corrected chi connectivity index (χ1v) is 9.45. The SMILES string of the molecule is O=C(NC(=O)N(Cc1ccccc1)c1ccc(Cl)cc1)c1c(Cl)cccc1Cl. The van der Waals surface area contributed by atoms with Gasteiger partial charge in [0.1, 0.15) is 0 Å². The number of carbonyl (C=O) groups is 2. The molecule has 0 saturated heterocycles. The Morgan fingerprint density at radius 3 is 2.00 bits per heavy atom. The highest BCUT2D eigenvalue weighted by Crippen LogP contribution is 2.25. The third-order valence-corrected chi connectivity index (χ3v) is 4.86. The van der Waals surface area contributed by atoms with E-state index in [4.69, 9.17) is 34.8 Å². The molecule has 3 aromatic carbocycles. The molecule has 4 nitrogen and oxygen atoms in total. The maximum atomic E-state index is 12.9. The summed E-state index contributed by atoms with van der Waals surface area (Å²) >= 11 is 18.1. The smallest absolute Gasteiger partial charge is 0.290 e. The third kappa shape index (κ3) is 4.84. The normalized spacial score (nSPS) is 10.4. The molecule has 28 heavy (non-hydrogen) atoms. The highest BCUT2D eigenvalue weighted by atomic mass is 35.5. The standard InChI is InChI=1S/C21H15Cl3N2O2/c22-15-9-11-16(12-10-15)26(13-14-5-2-1-3-6-14)21(28)25-20(27)19-17(23)7-4-8-18(19)24/h1-12H,13H2,(H,25,27,28). The Labute approximate surface area is 177 Å². The lowest BCUT2D eigenvalue weighted by Gasteiger charge is -2.23. The molecule has 1 N–H and O–H groups in total. The number of carbonyl (C=O) groups excluding carboxylic acids is 2. The van der Waals surface area contributed by atoms with E-state index in [0.717, 1.165) is 5.56 Å². The number of rotatable bonds is 4. The Morgan fingerprint density at radius 2 is 1.39 bits per heavy atom. The van der Waals surface area contributed by atoms with Gasteiger partial charge in [0.15, 0.2) is 0 Å². The molecule has 0 heterocycles. The van der Waals surface area contributed by atoms with E-state index in [2.05, 4.69) is 5.32 Å². The minimum atomic E-state index is -0.673. The summed E-state index contributed by atoms with van der Waals surface area (Å²) in [5.41, 5.74) is 1.54. The van der Waals surface area contributed by atoms with Crippen LogP contribution in [0.2, 0.25) is 15.1 Å². The lowest BCUT2D eigenvalue weighted by atomic mass is 10.2. The van der Waals surface area contributed by atoms with Gasteiger partial charge in [-0.05, 0) is 42.0 Å². The van der Waals surface area contributed by atoms with Gasteiger partial charge in [0, 0.05) is 10.7 Å². The average Bonchev–Trinajstić information content (AvgIpc) is 2.67. The van der Waals surface area contributed by atoms with Gasteiger partial charge in [0.2, 0.25) is 0 Å². The predicted octanol–water partition coefficient (Wildman–Crippen LogP) is 6.20. The van der Waals surface area contributed by atoms with Crippen molar-refractivity contribution in [2.75, 3.05) is 4.90 Å². The molecule has 0 aromatic heterocycles. The molecule has 3 aromatic rings. The molecule has 0 aliphatic rings. The van der Waals surface area contributed by atoms with Gasteiger partial charge in [0.05, 0.1) is 22.2 Å². The number of halogens is 3. The zero-order chi connectivity index (χ0) is 20.1. The first-order chi connectivity index (χ1) is 13.5. The lowest BCUT2D eigenvalue weighted by molar-refractivity contribution is 0.0965. The van der Waals surface area contributed by atoms with Crippen molar-refractivity contribution >= 4 is 52.4 Å². The molecule has 0 fully saturated rings. The molecule has 0 aliphatic carbocycles. The molecular weight excluding hydrogens is 419 g/mol. The van der Waals surface area contributed by atoms with Crippen LogP contribution in [0.15, 0.2) is 72.8 Å². The Morgan fingerprint density at radius 1 is 0.786 bits per heavy atom.